The Kier molecular flexibility index (Phi) is 2.71. The van der Waals surface area contributed by atoms with Crippen LogP contribution in [0.2, 0.25) is 0 Å². The quantitative estimate of drug-likeness (QED) is 0.878. The molecule has 18 heavy (non-hydrogen) atoms. The molecule has 0 radical (unpaired) electrons. The van der Waals surface area contributed by atoms with Gasteiger partial charge in [-0.05, 0) is 18.2 Å². The largest absolute Gasteiger partial charge is 0.508 e. The number of aliphatic imine (C=N–C) groups is 1. The van der Waals surface area contributed by atoms with E-state index >= 15 is 0 Å². The first kappa shape index (κ1) is 11.5. The zero-order valence-electron chi connectivity index (χ0n) is 9.03. The van der Waals surface area contributed by atoms with Gasteiger partial charge in [-0.3, -0.25) is 4.99 Å². The van der Waals surface area contributed by atoms with E-state index in [4.69, 9.17) is 5.11 Å². The topological polar surface area (TPSA) is 82.8 Å². The van der Waals surface area contributed by atoms with Crippen molar-refractivity contribution in [1.82, 2.24) is 4.98 Å². The van der Waals surface area contributed by atoms with Gasteiger partial charge in [-0.1, -0.05) is 0 Å². The van der Waals surface area contributed by atoms with Crippen molar-refractivity contribution in [2.75, 3.05) is 5.75 Å². The number of carboxylic acid groups (broad SMARTS) is 1. The highest BCUT2D eigenvalue weighted by Crippen LogP contribution is 2.31. The molecular formula is C11H8N2O3S2. The minimum atomic E-state index is -0.906. The summed E-state index contributed by atoms with van der Waals surface area (Å²) in [6.07, 6.45) is 0. The smallest absolute Gasteiger partial charge is 0.329 e. The average molecular weight is 280 g/mol. The highest BCUT2D eigenvalue weighted by Gasteiger charge is 2.26. The number of aromatic nitrogens is 1. The summed E-state index contributed by atoms with van der Waals surface area (Å²) in [6.45, 7) is 0. The van der Waals surface area contributed by atoms with E-state index in [1.165, 1.54) is 23.1 Å². The van der Waals surface area contributed by atoms with E-state index in [2.05, 4.69) is 9.98 Å². The first-order chi connectivity index (χ1) is 8.63. The maximum Gasteiger partial charge on any atom is 0.329 e. The van der Waals surface area contributed by atoms with E-state index in [1.807, 2.05) is 0 Å². The Hall–Kier alpha value is -1.60. The lowest BCUT2D eigenvalue weighted by molar-refractivity contribution is -0.137. The van der Waals surface area contributed by atoms with Crippen LogP contribution in [0, 0.1) is 0 Å². The molecule has 7 heteroatoms. The summed E-state index contributed by atoms with van der Waals surface area (Å²) >= 11 is 2.81. The number of carboxylic acids is 1. The van der Waals surface area contributed by atoms with E-state index in [0.717, 1.165) is 10.2 Å². The van der Waals surface area contributed by atoms with Crippen LogP contribution >= 0.6 is 23.1 Å². The molecule has 0 saturated carbocycles. The summed E-state index contributed by atoms with van der Waals surface area (Å²) in [5.74, 6) is -0.260. The van der Waals surface area contributed by atoms with Gasteiger partial charge in [-0.25, -0.2) is 9.78 Å². The molecule has 2 heterocycles. The molecule has 0 fully saturated rings. The molecule has 2 N–H and O–H groups in total. The van der Waals surface area contributed by atoms with E-state index in [-0.39, 0.29) is 5.75 Å². The predicted molar refractivity (Wildman–Crippen MR) is 71.7 cm³/mol. The van der Waals surface area contributed by atoms with Crippen LogP contribution in [0.1, 0.15) is 5.01 Å². The van der Waals surface area contributed by atoms with Crippen LogP contribution in [0.15, 0.2) is 23.2 Å². The van der Waals surface area contributed by atoms with Crippen LogP contribution < -0.4 is 0 Å². The van der Waals surface area contributed by atoms with Crippen molar-refractivity contribution in [3.8, 4) is 5.75 Å². The molecule has 3 rings (SSSR count). The van der Waals surface area contributed by atoms with Gasteiger partial charge in [-0.2, -0.15) is 0 Å². The molecule has 1 aliphatic rings. The fourth-order valence-electron chi connectivity index (χ4n) is 1.62. The number of phenolic OH excluding ortho intramolecular Hbond substituents is 1. The number of thioether (sulfide) groups is 1. The molecule has 5 nitrogen and oxygen atoms in total. The molecule has 2 aromatic rings. The molecule has 1 aliphatic heterocycles. The van der Waals surface area contributed by atoms with Crippen molar-refractivity contribution < 1.29 is 15.0 Å². The SMILES string of the molecule is O=C(O)[C@@H]1CSC(c2nc3ccc(O)cc3s2)=N1. The minimum absolute atomic E-state index is 0.196. The third-order valence-electron chi connectivity index (χ3n) is 2.49. The molecule has 0 saturated heterocycles. The van der Waals surface area contributed by atoms with Gasteiger partial charge in [0.1, 0.15) is 15.8 Å². The van der Waals surface area contributed by atoms with E-state index in [0.29, 0.717) is 15.8 Å². The molecule has 92 valence electrons. The van der Waals surface area contributed by atoms with Crippen LogP contribution in [0.5, 0.6) is 5.75 Å². The fourth-order valence-corrected chi connectivity index (χ4v) is 3.72. The maximum absolute atomic E-state index is 10.8. The summed E-state index contributed by atoms with van der Waals surface area (Å²) in [5, 5.41) is 19.7. The number of hydrogen-bond donors (Lipinski definition) is 2. The van der Waals surface area contributed by atoms with Gasteiger partial charge in [0.15, 0.2) is 6.04 Å². The molecular weight excluding hydrogens is 272 g/mol. The van der Waals surface area contributed by atoms with Gasteiger partial charge in [0.05, 0.1) is 10.2 Å². The Morgan fingerprint density at radius 2 is 2.28 bits per heavy atom. The monoisotopic (exact) mass is 280 g/mol. The predicted octanol–water partition coefficient (Wildman–Crippen LogP) is 1.95. The normalized spacial score (nSPS) is 19.1. The third-order valence-corrected chi connectivity index (χ3v) is 4.70. The van der Waals surface area contributed by atoms with Crippen molar-refractivity contribution in [2.24, 2.45) is 4.99 Å². The maximum atomic E-state index is 10.8. The number of phenols is 1. The number of thiazole rings is 1. The number of hydrogen-bond acceptors (Lipinski definition) is 6. The van der Waals surface area contributed by atoms with Gasteiger partial charge in [0, 0.05) is 5.75 Å². The van der Waals surface area contributed by atoms with Crippen molar-refractivity contribution >= 4 is 44.3 Å². The lowest BCUT2D eigenvalue weighted by atomic mass is 10.3. The number of aromatic hydroxyl groups is 1. The van der Waals surface area contributed by atoms with E-state index in [1.54, 1.807) is 18.2 Å². The Morgan fingerprint density at radius 1 is 1.44 bits per heavy atom. The van der Waals surface area contributed by atoms with Gasteiger partial charge < -0.3 is 10.2 Å². The second-order valence-corrected chi connectivity index (χ2v) is 5.81. The van der Waals surface area contributed by atoms with E-state index < -0.39 is 12.0 Å². The molecule has 1 aromatic carbocycles. The average Bonchev–Trinajstić information content (AvgIpc) is 2.93. The highest BCUT2D eigenvalue weighted by molar-refractivity contribution is 8.15. The van der Waals surface area contributed by atoms with Crippen molar-refractivity contribution in [3.63, 3.8) is 0 Å². The number of fused-ring (bicyclic) bond motifs is 1. The molecule has 1 aromatic heterocycles. The number of rotatable bonds is 2. The highest BCUT2D eigenvalue weighted by atomic mass is 32.2. The minimum Gasteiger partial charge on any atom is -0.508 e. The summed E-state index contributed by atoms with van der Waals surface area (Å²) in [6, 6.07) is 4.28. The van der Waals surface area contributed by atoms with Crippen molar-refractivity contribution in [2.45, 2.75) is 6.04 Å². The molecule has 0 unspecified atom stereocenters. The zero-order chi connectivity index (χ0) is 12.7. The van der Waals surface area contributed by atoms with Crippen LogP contribution in [0.3, 0.4) is 0 Å². The number of nitrogens with zero attached hydrogens (tertiary/aromatic N) is 2. The number of benzene rings is 1. The standard InChI is InChI=1S/C11H8N2O3S2/c14-5-1-2-6-8(3-5)18-10(12-6)9-13-7(4-17-9)11(15)16/h1-3,7,14H,4H2,(H,15,16)/t7-/m0/s1. The second kappa shape index (κ2) is 4.25. The number of carbonyl (C=O) groups is 1. The van der Waals surface area contributed by atoms with Crippen LogP contribution in [0.4, 0.5) is 0 Å². The summed E-state index contributed by atoms with van der Waals surface area (Å²) < 4.78 is 0.868. The van der Waals surface area contributed by atoms with Crippen molar-refractivity contribution in [3.05, 3.63) is 23.2 Å². The van der Waals surface area contributed by atoms with Gasteiger partial charge >= 0.3 is 5.97 Å². The molecule has 1 atom stereocenters. The zero-order valence-corrected chi connectivity index (χ0v) is 10.7. The van der Waals surface area contributed by atoms with Crippen LogP contribution in [-0.2, 0) is 4.79 Å². The van der Waals surface area contributed by atoms with Gasteiger partial charge in [0.25, 0.3) is 0 Å². The Bertz CT molecular complexity index is 665. The third kappa shape index (κ3) is 1.95. The fraction of sp³-hybridized carbons (Fsp3) is 0.182. The lowest BCUT2D eigenvalue weighted by Crippen LogP contribution is -2.17. The number of aliphatic carboxylic acids is 1. The Labute approximate surface area is 110 Å². The summed E-state index contributed by atoms with van der Waals surface area (Å²) in [5.41, 5.74) is 0.787. The Morgan fingerprint density at radius 3 is 3.00 bits per heavy atom. The molecule has 0 aliphatic carbocycles. The van der Waals surface area contributed by atoms with Crippen molar-refractivity contribution in [1.29, 1.82) is 0 Å². The molecule has 0 bridgehead atoms. The van der Waals surface area contributed by atoms with E-state index in [9.17, 15) is 9.90 Å². The summed E-state index contributed by atoms with van der Waals surface area (Å²) in [4.78, 5) is 19.4. The van der Waals surface area contributed by atoms with Gasteiger partial charge in [-0.15, -0.1) is 23.1 Å². The Balaban J connectivity index is 2.00. The van der Waals surface area contributed by atoms with Gasteiger partial charge in [0.2, 0.25) is 0 Å². The molecule has 0 amide bonds. The van der Waals surface area contributed by atoms with Crippen LogP contribution in [0.25, 0.3) is 10.2 Å². The van der Waals surface area contributed by atoms with Crippen LogP contribution in [-0.4, -0.2) is 38.0 Å². The first-order valence-corrected chi connectivity index (χ1v) is 6.97. The second-order valence-electron chi connectivity index (χ2n) is 3.77. The lowest BCUT2D eigenvalue weighted by Gasteiger charge is -1.93. The first-order valence-electron chi connectivity index (χ1n) is 5.17. The summed E-state index contributed by atoms with van der Waals surface area (Å²) in [7, 11) is 0. The molecule has 0 spiro atoms.